The first-order valence-corrected chi connectivity index (χ1v) is 6.80. The van der Waals surface area contributed by atoms with E-state index < -0.39 is 0 Å². The Morgan fingerprint density at radius 2 is 1.71 bits per heavy atom. The summed E-state index contributed by atoms with van der Waals surface area (Å²) in [5.41, 5.74) is 10.6. The molecule has 2 aromatic rings. The van der Waals surface area contributed by atoms with Crippen molar-refractivity contribution >= 4 is 16.3 Å². The van der Waals surface area contributed by atoms with Gasteiger partial charge in [0.2, 0.25) is 0 Å². The first-order valence-electron chi connectivity index (χ1n) is 5.46. The zero-order valence-electron chi connectivity index (χ0n) is 9.85. The zero-order chi connectivity index (χ0) is 12.3. The van der Waals surface area contributed by atoms with Crippen LogP contribution in [-0.2, 0) is 0 Å². The van der Waals surface area contributed by atoms with E-state index in [0.29, 0.717) is 0 Å². The first-order chi connectivity index (χ1) is 8.22. The molecule has 87 valence electrons. The summed E-state index contributed by atoms with van der Waals surface area (Å²) in [6.07, 6.45) is 2.05. The van der Waals surface area contributed by atoms with Gasteiger partial charge in [0, 0.05) is 10.6 Å². The molecule has 0 fully saturated rings. The molecule has 17 heavy (non-hydrogen) atoms. The standard InChI is InChI=1S/C15H16NS/c1-11-7-9-12(10-8-11)13-5-3-4-6-14(13)15(16)17-2/h3-10,17H,1,16H2,2H3. The van der Waals surface area contributed by atoms with E-state index in [0.717, 1.165) is 27.5 Å². The van der Waals surface area contributed by atoms with Gasteiger partial charge in [0.15, 0.2) is 0 Å². The Morgan fingerprint density at radius 1 is 1.06 bits per heavy atom. The van der Waals surface area contributed by atoms with E-state index in [-0.39, 0.29) is 0 Å². The van der Waals surface area contributed by atoms with Gasteiger partial charge in [-0.2, -0.15) is 11.4 Å². The largest absolute Gasteiger partial charge is 0.298 e. The van der Waals surface area contributed by atoms with Crippen LogP contribution < -0.4 is 5.73 Å². The Labute approximate surface area is 106 Å². The number of nitrogens with two attached hydrogens (primary N) is 1. The lowest BCUT2D eigenvalue weighted by atomic mass is 9.99. The van der Waals surface area contributed by atoms with Gasteiger partial charge in [-0.05, 0) is 29.9 Å². The Hall–Kier alpha value is -1.38. The second-order valence-electron chi connectivity index (χ2n) is 3.85. The molecule has 0 aliphatic heterocycles. The molecule has 1 nitrogen and oxygen atoms in total. The second kappa shape index (κ2) is 5.30. The van der Waals surface area contributed by atoms with Gasteiger partial charge in [-0.15, -0.1) is 0 Å². The SMILES string of the molecule is [CH2]c1ccc(-c2ccccc2C(N)=[SH]C)cc1. The third-order valence-electron chi connectivity index (χ3n) is 2.71. The number of rotatable bonds is 2. The quantitative estimate of drug-likeness (QED) is 0.614. The highest BCUT2D eigenvalue weighted by atomic mass is 32.1. The van der Waals surface area contributed by atoms with Crippen LogP contribution in [0.5, 0.6) is 0 Å². The van der Waals surface area contributed by atoms with Crippen LogP contribution in [0.1, 0.15) is 11.1 Å². The molecule has 0 amide bonds. The Bertz CT molecular complexity index is 541. The molecular weight excluding hydrogens is 226 g/mol. The third-order valence-corrected chi connectivity index (χ3v) is 3.43. The molecule has 0 bridgehead atoms. The van der Waals surface area contributed by atoms with E-state index in [1.165, 1.54) is 11.1 Å². The summed E-state index contributed by atoms with van der Waals surface area (Å²) in [6, 6.07) is 16.4. The van der Waals surface area contributed by atoms with Crippen LogP contribution in [0.4, 0.5) is 0 Å². The van der Waals surface area contributed by atoms with Crippen molar-refractivity contribution in [2.24, 2.45) is 5.73 Å². The summed E-state index contributed by atoms with van der Waals surface area (Å²) >= 11 is 1.10. The van der Waals surface area contributed by atoms with Crippen LogP contribution in [-0.4, -0.2) is 11.2 Å². The molecule has 0 atom stereocenters. The summed E-state index contributed by atoms with van der Waals surface area (Å²) < 4.78 is 0. The maximum atomic E-state index is 6.05. The third kappa shape index (κ3) is 2.65. The maximum absolute atomic E-state index is 6.05. The van der Waals surface area contributed by atoms with Gasteiger partial charge in [-0.25, -0.2) is 0 Å². The van der Waals surface area contributed by atoms with Gasteiger partial charge in [-0.3, -0.25) is 5.73 Å². The second-order valence-corrected chi connectivity index (χ2v) is 4.78. The van der Waals surface area contributed by atoms with Crippen LogP contribution >= 0.6 is 11.4 Å². The van der Waals surface area contributed by atoms with Gasteiger partial charge in [0.1, 0.15) is 0 Å². The van der Waals surface area contributed by atoms with Crippen molar-refractivity contribution < 1.29 is 0 Å². The van der Waals surface area contributed by atoms with Crippen molar-refractivity contribution in [1.82, 2.24) is 0 Å². The highest BCUT2D eigenvalue weighted by molar-refractivity contribution is 7.98. The molecule has 2 heteroatoms. The Balaban J connectivity index is 2.55. The van der Waals surface area contributed by atoms with Crippen molar-refractivity contribution in [3.05, 3.63) is 66.6 Å². The van der Waals surface area contributed by atoms with Gasteiger partial charge in [0.25, 0.3) is 0 Å². The maximum Gasteiger partial charge on any atom is 0.0411 e. The molecule has 0 saturated carbocycles. The predicted octanol–water partition coefficient (Wildman–Crippen LogP) is 3.07. The normalized spacial score (nSPS) is 12.1. The average molecular weight is 242 g/mol. The van der Waals surface area contributed by atoms with Crippen molar-refractivity contribution in [3.8, 4) is 11.1 Å². The first kappa shape index (κ1) is 12.1. The highest BCUT2D eigenvalue weighted by Gasteiger charge is 2.05. The van der Waals surface area contributed by atoms with Gasteiger partial charge in [0.05, 0.1) is 0 Å². The van der Waals surface area contributed by atoms with Crippen molar-refractivity contribution in [2.45, 2.75) is 0 Å². The fourth-order valence-corrected chi connectivity index (χ4v) is 2.20. The van der Waals surface area contributed by atoms with Crippen LogP contribution in [0.3, 0.4) is 0 Å². The van der Waals surface area contributed by atoms with E-state index in [9.17, 15) is 0 Å². The summed E-state index contributed by atoms with van der Waals surface area (Å²) in [4.78, 5) is 0.902. The lowest BCUT2D eigenvalue weighted by molar-refractivity contribution is 1.55. The van der Waals surface area contributed by atoms with E-state index in [1.54, 1.807) is 0 Å². The lowest BCUT2D eigenvalue weighted by Gasteiger charge is -2.09. The fourth-order valence-electron chi connectivity index (χ4n) is 1.76. The minimum atomic E-state index is 0.902. The number of benzene rings is 2. The highest BCUT2D eigenvalue weighted by Crippen LogP contribution is 2.24. The smallest absolute Gasteiger partial charge is 0.0411 e. The molecule has 0 aliphatic rings. The number of hydrogen-bond donors (Lipinski definition) is 2. The molecule has 0 aromatic heterocycles. The van der Waals surface area contributed by atoms with Gasteiger partial charge in [-0.1, -0.05) is 48.5 Å². The van der Waals surface area contributed by atoms with Crippen molar-refractivity contribution in [1.29, 1.82) is 0 Å². The Morgan fingerprint density at radius 3 is 2.35 bits per heavy atom. The summed E-state index contributed by atoms with van der Waals surface area (Å²) in [6.45, 7) is 3.90. The zero-order valence-corrected chi connectivity index (χ0v) is 10.7. The summed E-state index contributed by atoms with van der Waals surface area (Å²) in [5.74, 6) is 0. The number of thiol groups is 1. The van der Waals surface area contributed by atoms with Crippen LogP contribution in [0.15, 0.2) is 48.5 Å². The molecule has 0 heterocycles. The fraction of sp³-hybridized carbons (Fsp3) is 0.0667. The molecule has 2 N–H and O–H groups in total. The summed E-state index contributed by atoms with van der Waals surface area (Å²) in [5, 5.41) is 0. The van der Waals surface area contributed by atoms with Crippen LogP contribution in [0.2, 0.25) is 0 Å². The molecule has 2 rings (SSSR count). The monoisotopic (exact) mass is 242 g/mol. The van der Waals surface area contributed by atoms with E-state index >= 15 is 0 Å². The van der Waals surface area contributed by atoms with Gasteiger partial charge < -0.3 is 0 Å². The molecule has 0 saturated heterocycles. The summed E-state index contributed by atoms with van der Waals surface area (Å²) in [7, 11) is 0. The topological polar surface area (TPSA) is 26.0 Å². The van der Waals surface area contributed by atoms with Gasteiger partial charge >= 0.3 is 0 Å². The molecule has 0 unspecified atom stereocenters. The lowest BCUT2D eigenvalue weighted by Crippen LogP contribution is -2.12. The van der Waals surface area contributed by atoms with Crippen LogP contribution in [0.25, 0.3) is 11.1 Å². The molecule has 2 aromatic carbocycles. The van der Waals surface area contributed by atoms with Crippen molar-refractivity contribution in [2.75, 3.05) is 6.26 Å². The van der Waals surface area contributed by atoms with E-state index in [4.69, 9.17) is 5.73 Å². The van der Waals surface area contributed by atoms with E-state index in [2.05, 4.69) is 31.2 Å². The minimum Gasteiger partial charge on any atom is -0.298 e. The molecular formula is C15H16NS. The van der Waals surface area contributed by atoms with E-state index in [1.807, 2.05) is 30.5 Å². The van der Waals surface area contributed by atoms with Crippen molar-refractivity contribution in [3.63, 3.8) is 0 Å². The predicted molar refractivity (Wildman–Crippen MR) is 79.5 cm³/mol. The Kier molecular flexibility index (Phi) is 3.77. The number of hydrogen-bond acceptors (Lipinski definition) is 0. The molecule has 1 radical (unpaired) electrons. The van der Waals surface area contributed by atoms with Crippen LogP contribution in [0, 0.1) is 6.92 Å². The molecule has 0 aliphatic carbocycles. The molecule has 0 spiro atoms. The minimum absolute atomic E-state index is 0.902. The average Bonchev–Trinajstić information content (AvgIpc) is 2.39.